The van der Waals surface area contributed by atoms with Crippen molar-refractivity contribution >= 4 is 33.4 Å². The van der Waals surface area contributed by atoms with Crippen molar-refractivity contribution in [3.8, 4) is 27.7 Å². The molecule has 2 aliphatic heterocycles. The smallest absolute Gasteiger partial charge is 0.422 e. The second-order valence-electron chi connectivity index (χ2n) is 10.9. The normalized spacial score (nSPS) is 16.4. The van der Waals surface area contributed by atoms with Crippen molar-refractivity contribution in [1.29, 1.82) is 0 Å². The van der Waals surface area contributed by atoms with Gasteiger partial charge < -0.3 is 29.2 Å². The predicted octanol–water partition coefficient (Wildman–Crippen LogP) is 5.37. The molecule has 2 aliphatic rings. The van der Waals surface area contributed by atoms with Crippen LogP contribution in [0, 0.1) is 0 Å². The van der Waals surface area contributed by atoms with Crippen LogP contribution < -0.4 is 9.47 Å². The van der Waals surface area contributed by atoms with Gasteiger partial charge in [-0.05, 0) is 109 Å². The number of hydrogen-bond donors (Lipinski definition) is 2. The van der Waals surface area contributed by atoms with Gasteiger partial charge in [0, 0.05) is 21.7 Å². The van der Waals surface area contributed by atoms with E-state index in [1.165, 1.54) is 24.0 Å². The van der Waals surface area contributed by atoms with Crippen molar-refractivity contribution in [2.75, 3.05) is 26.8 Å². The molecule has 0 saturated carbocycles. The summed E-state index contributed by atoms with van der Waals surface area (Å²) < 4.78 is 21.8. The fourth-order valence-corrected chi connectivity index (χ4v) is 6.91. The monoisotopic (exact) mass is 603 g/mol. The molecule has 0 unspecified atom stereocenters. The number of aromatic hydroxyl groups is 1. The Labute approximate surface area is 253 Å². The molecule has 0 atom stereocenters. The lowest BCUT2D eigenvalue weighted by atomic mass is 9.97. The first kappa shape index (κ1) is 29.0. The highest BCUT2D eigenvalue weighted by atomic mass is 32.1. The van der Waals surface area contributed by atoms with Gasteiger partial charge in [-0.15, -0.1) is 11.3 Å². The third kappa shape index (κ3) is 6.46. The number of ether oxygens (including phenoxy) is 4. The number of likely N-dealkylation sites (tertiary alicyclic amines) is 1. The summed E-state index contributed by atoms with van der Waals surface area (Å²) in [6.45, 7) is 3.37. The fraction of sp³-hybridized carbons (Fsp3) is 0.333. The molecule has 10 heteroatoms. The molecule has 3 heterocycles. The molecule has 0 amide bonds. The fourth-order valence-electron chi connectivity index (χ4n) is 5.65. The van der Waals surface area contributed by atoms with E-state index in [9.17, 15) is 19.8 Å². The number of rotatable bonds is 11. The summed E-state index contributed by atoms with van der Waals surface area (Å²) in [5.74, 6) is -2.87. The average molecular weight is 604 g/mol. The number of methoxy groups -OCH3 is 1. The van der Waals surface area contributed by atoms with Gasteiger partial charge >= 0.3 is 17.9 Å². The Morgan fingerprint density at radius 3 is 2.44 bits per heavy atom. The van der Waals surface area contributed by atoms with Gasteiger partial charge in [0.05, 0.1) is 20.1 Å². The molecule has 43 heavy (non-hydrogen) atoms. The maximum atomic E-state index is 11.2. The number of carbonyl (C=O) groups is 2. The van der Waals surface area contributed by atoms with Crippen LogP contribution in [0.5, 0.6) is 17.2 Å². The minimum absolute atomic E-state index is 0.0927. The Hall–Kier alpha value is -4.12. The van der Waals surface area contributed by atoms with Gasteiger partial charge in [-0.2, -0.15) is 0 Å². The van der Waals surface area contributed by atoms with E-state index < -0.39 is 17.9 Å². The van der Waals surface area contributed by atoms with Crippen molar-refractivity contribution < 1.29 is 38.7 Å². The number of benzene rings is 3. The van der Waals surface area contributed by atoms with Crippen LogP contribution in [0.4, 0.5) is 0 Å². The zero-order chi connectivity index (χ0) is 30.0. The van der Waals surface area contributed by atoms with E-state index in [4.69, 9.17) is 9.47 Å². The largest absolute Gasteiger partial charge is 0.508 e. The van der Waals surface area contributed by atoms with Gasteiger partial charge in [0.2, 0.25) is 0 Å². The highest BCUT2D eigenvalue weighted by Gasteiger charge is 2.46. The van der Waals surface area contributed by atoms with Gasteiger partial charge in [-0.25, -0.2) is 9.59 Å². The number of aliphatic hydroxyl groups is 1. The van der Waals surface area contributed by atoms with Crippen molar-refractivity contribution in [3.63, 3.8) is 0 Å². The van der Waals surface area contributed by atoms with Crippen LogP contribution in [-0.2, 0) is 32.0 Å². The van der Waals surface area contributed by atoms with Crippen molar-refractivity contribution in [3.05, 3.63) is 77.4 Å². The molecular weight excluding hydrogens is 570 g/mol. The lowest BCUT2D eigenvalue weighted by Gasteiger charge is -2.18. The maximum absolute atomic E-state index is 11.2. The summed E-state index contributed by atoms with van der Waals surface area (Å²) in [7, 11) is 1.73. The minimum Gasteiger partial charge on any atom is -0.508 e. The van der Waals surface area contributed by atoms with Crippen molar-refractivity contribution in [1.82, 2.24) is 4.90 Å². The molecule has 2 N–H and O–H groups in total. The van der Waals surface area contributed by atoms with Crippen LogP contribution in [0.25, 0.3) is 20.5 Å². The molecule has 1 aromatic heterocycles. The number of phenolic OH excluding ortho intramolecular Hbond substituents is 1. The van der Waals surface area contributed by atoms with Crippen LogP contribution >= 0.6 is 11.3 Å². The van der Waals surface area contributed by atoms with Gasteiger partial charge in [0.15, 0.2) is 0 Å². The van der Waals surface area contributed by atoms with E-state index in [1.807, 2.05) is 30.3 Å². The Morgan fingerprint density at radius 1 is 0.977 bits per heavy atom. The lowest BCUT2D eigenvalue weighted by Crippen LogP contribution is -2.30. The molecule has 9 nitrogen and oxygen atoms in total. The van der Waals surface area contributed by atoms with E-state index in [0.29, 0.717) is 18.6 Å². The number of cyclic esters (lactones) is 2. The van der Waals surface area contributed by atoms with E-state index in [-0.39, 0.29) is 18.8 Å². The zero-order valence-electron chi connectivity index (χ0n) is 23.8. The minimum atomic E-state index is -2.23. The third-order valence-corrected chi connectivity index (χ3v) is 9.04. The molecule has 6 rings (SSSR count). The molecule has 0 bridgehead atoms. The summed E-state index contributed by atoms with van der Waals surface area (Å²) in [6.07, 6.45) is 3.40. The molecule has 4 aromatic rings. The number of phenols is 1. The number of hydrogen-bond acceptors (Lipinski definition) is 10. The number of nitrogens with zero attached hydrogens (tertiary/aromatic N) is 1. The first-order valence-electron chi connectivity index (χ1n) is 14.3. The van der Waals surface area contributed by atoms with Crippen molar-refractivity contribution in [2.45, 2.75) is 44.6 Å². The lowest BCUT2D eigenvalue weighted by molar-refractivity contribution is -0.295. The molecular formula is C33H33NO8S. The molecule has 0 spiro atoms. The SMILES string of the molecule is COc1cc(Cc2c(-c3ccc(OCCCC4(O)OC(=O)C(=O)O4)cc3)sc3cc(O)ccc23)ccc1CN1CCCC1. The molecule has 0 radical (unpaired) electrons. The molecule has 2 saturated heterocycles. The zero-order valence-corrected chi connectivity index (χ0v) is 24.7. The quantitative estimate of drug-likeness (QED) is 0.133. The first-order chi connectivity index (χ1) is 20.8. The summed E-state index contributed by atoms with van der Waals surface area (Å²) in [6, 6.07) is 19.8. The average Bonchev–Trinajstić information content (AvgIpc) is 3.70. The molecule has 224 valence electrons. The topological polar surface area (TPSA) is 115 Å². The Kier molecular flexibility index (Phi) is 8.25. The Balaban J connectivity index is 1.18. The van der Waals surface area contributed by atoms with Crippen molar-refractivity contribution in [2.24, 2.45) is 0 Å². The highest BCUT2D eigenvalue weighted by Crippen LogP contribution is 2.42. The maximum Gasteiger partial charge on any atom is 0.422 e. The summed E-state index contributed by atoms with van der Waals surface area (Å²) in [5, 5.41) is 21.3. The predicted molar refractivity (Wildman–Crippen MR) is 161 cm³/mol. The molecule has 0 aliphatic carbocycles. The van der Waals surface area contributed by atoms with Crippen LogP contribution in [0.15, 0.2) is 60.7 Å². The number of esters is 2. The highest BCUT2D eigenvalue weighted by molar-refractivity contribution is 7.22. The summed E-state index contributed by atoms with van der Waals surface area (Å²) >= 11 is 1.64. The van der Waals surface area contributed by atoms with E-state index in [0.717, 1.165) is 51.5 Å². The van der Waals surface area contributed by atoms with E-state index >= 15 is 0 Å². The third-order valence-electron chi connectivity index (χ3n) is 7.79. The van der Waals surface area contributed by atoms with Crippen LogP contribution in [-0.4, -0.2) is 59.8 Å². The second kappa shape index (κ2) is 12.2. The number of carbonyl (C=O) groups excluding carboxylic acids is 2. The standard InChI is InChI=1S/C33H33NO8S/c1-39-28-18-21(5-6-23(28)20-34-14-2-3-15-34)17-27-26-12-9-24(35)19-29(26)43-30(27)22-7-10-25(11-8-22)40-16-4-13-33(38)41-31(36)32(37)42-33/h5-12,18-19,35,38H,2-4,13-17,20H2,1H3. The Bertz CT molecular complexity index is 1620. The molecule has 2 fully saturated rings. The van der Waals surface area contributed by atoms with Crippen LogP contribution in [0.2, 0.25) is 0 Å². The summed E-state index contributed by atoms with van der Waals surface area (Å²) in [4.78, 5) is 25.9. The second-order valence-corrected chi connectivity index (χ2v) is 11.9. The van der Waals surface area contributed by atoms with Gasteiger partial charge in [0.25, 0.3) is 0 Å². The van der Waals surface area contributed by atoms with Gasteiger partial charge in [0.1, 0.15) is 17.2 Å². The van der Waals surface area contributed by atoms with Gasteiger partial charge in [-0.1, -0.05) is 12.1 Å². The molecule has 3 aromatic carbocycles. The van der Waals surface area contributed by atoms with E-state index in [2.05, 4.69) is 32.6 Å². The van der Waals surface area contributed by atoms with Gasteiger partial charge in [-0.3, -0.25) is 4.90 Å². The number of fused-ring (bicyclic) bond motifs is 1. The van der Waals surface area contributed by atoms with E-state index in [1.54, 1.807) is 30.6 Å². The van der Waals surface area contributed by atoms with Crippen LogP contribution in [0.3, 0.4) is 0 Å². The Morgan fingerprint density at radius 2 is 1.72 bits per heavy atom. The first-order valence-corrected chi connectivity index (χ1v) is 15.2. The number of thiophene rings is 1. The van der Waals surface area contributed by atoms with Crippen LogP contribution in [0.1, 0.15) is 42.4 Å². The summed E-state index contributed by atoms with van der Waals surface area (Å²) in [5.41, 5.74) is 4.55.